The minimum Gasteiger partial charge on any atom is -0.379 e. The first-order valence-corrected chi connectivity index (χ1v) is 8.83. The number of nitrogens with zero attached hydrogens (tertiary/aromatic N) is 3. The number of aromatic nitrogens is 2. The highest BCUT2D eigenvalue weighted by atomic mass is 16.5. The van der Waals surface area contributed by atoms with Crippen LogP contribution < -0.4 is 0 Å². The van der Waals surface area contributed by atoms with Gasteiger partial charge in [0.25, 0.3) is 0 Å². The van der Waals surface area contributed by atoms with Crippen LogP contribution in [0.1, 0.15) is 23.4 Å². The highest BCUT2D eigenvalue weighted by Gasteiger charge is 2.26. The molecule has 0 saturated carbocycles. The SMILES string of the molecule is Cc1n[nH]c(C)c1CC(=O)N1CCCO[C@H](CN2CCOCC2)C1. The van der Waals surface area contributed by atoms with Crippen LogP contribution in [0.15, 0.2) is 0 Å². The van der Waals surface area contributed by atoms with Crippen molar-refractivity contribution in [1.29, 1.82) is 0 Å². The molecule has 2 aliphatic heterocycles. The predicted octanol–water partition coefficient (Wildman–Crippen LogP) is 0.519. The van der Waals surface area contributed by atoms with Gasteiger partial charge >= 0.3 is 0 Å². The fourth-order valence-corrected chi connectivity index (χ4v) is 3.40. The molecule has 1 atom stereocenters. The molecule has 1 N–H and O–H groups in total. The summed E-state index contributed by atoms with van der Waals surface area (Å²) in [5.74, 6) is 0.167. The fraction of sp³-hybridized carbons (Fsp3) is 0.765. The number of carbonyl (C=O) groups excluding carboxylic acids is 1. The van der Waals surface area contributed by atoms with Gasteiger partial charge in [-0.15, -0.1) is 0 Å². The number of amides is 1. The maximum Gasteiger partial charge on any atom is 0.227 e. The molecule has 1 aromatic rings. The second-order valence-corrected chi connectivity index (χ2v) is 6.69. The van der Waals surface area contributed by atoms with Crippen LogP contribution in [-0.2, 0) is 20.7 Å². The van der Waals surface area contributed by atoms with Crippen LogP contribution in [0.25, 0.3) is 0 Å². The van der Waals surface area contributed by atoms with Crippen molar-refractivity contribution in [2.45, 2.75) is 32.8 Å². The number of nitrogens with one attached hydrogen (secondary N) is 1. The maximum absolute atomic E-state index is 12.8. The van der Waals surface area contributed by atoms with Gasteiger partial charge in [0.05, 0.1) is 31.4 Å². The van der Waals surface area contributed by atoms with Gasteiger partial charge < -0.3 is 14.4 Å². The third-order valence-electron chi connectivity index (χ3n) is 4.88. The second kappa shape index (κ2) is 8.09. The third-order valence-corrected chi connectivity index (χ3v) is 4.88. The quantitative estimate of drug-likeness (QED) is 0.868. The molecule has 134 valence electrons. The topological polar surface area (TPSA) is 70.7 Å². The van der Waals surface area contributed by atoms with E-state index in [1.54, 1.807) is 0 Å². The van der Waals surface area contributed by atoms with Gasteiger partial charge in [-0.1, -0.05) is 0 Å². The van der Waals surface area contributed by atoms with Crippen LogP contribution in [0.2, 0.25) is 0 Å². The highest BCUT2D eigenvalue weighted by Crippen LogP contribution is 2.14. The first-order valence-electron chi connectivity index (χ1n) is 8.83. The maximum atomic E-state index is 12.8. The molecule has 0 spiro atoms. The molecule has 0 bridgehead atoms. The van der Waals surface area contributed by atoms with Gasteiger partial charge in [-0.2, -0.15) is 5.10 Å². The monoisotopic (exact) mass is 336 g/mol. The Kier molecular flexibility index (Phi) is 5.86. The summed E-state index contributed by atoms with van der Waals surface area (Å²) < 4.78 is 11.4. The van der Waals surface area contributed by atoms with E-state index in [0.29, 0.717) is 13.0 Å². The molecule has 7 nitrogen and oxygen atoms in total. The molecule has 7 heteroatoms. The molecular weight excluding hydrogens is 308 g/mol. The van der Waals surface area contributed by atoms with Crippen molar-refractivity contribution in [3.63, 3.8) is 0 Å². The minimum absolute atomic E-state index is 0.0843. The van der Waals surface area contributed by atoms with Crippen molar-refractivity contribution in [3.8, 4) is 0 Å². The Morgan fingerprint density at radius 3 is 2.75 bits per heavy atom. The van der Waals surface area contributed by atoms with Crippen LogP contribution >= 0.6 is 0 Å². The Labute approximate surface area is 143 Å². The van der Waals surface area contributed by atoms with E-state index in [2.05, 4.69) is 15.1 Å². The van der Waals surface area contributed by atoms with Crippen molar-refractivity contribution in [2.75, 3.05) is 52.5 Å². The first-order chi connectivity index (χ1) is 11.6. The Balaban J connectivity index is 1.58. The smallest absolute Gasteiger partial charge is 0.227 e. The molecule has 1 aromatic heterocycles. The van der Waals surface area contributed by atoms with E-state index < -0.39 is 0 Å². The lowest BCUT2D eigenvalue weighted by molar-refractivity contribution is -0.131. The Morgan fingerprint density at radius 1 is 1.25 bits per heavy atom. The average molecular weight is 336 g/mol. The molecular formula is C17H28N4O3. The highest BCUT2D eigenvalue weighted by molar-refractivity contribution is 5.79. The number of hydrogen-bond donors (Lipinski definition) is 1. The summed E-state index contributed by atoms with van der Waals surface area (Å²) in [6, 6.07) is 0. The van der Waals surface area contributed by atoms with Gasteiger partial charge in [0.1, 0.15) is 0 Å². The normalized spacial score (nSPS) is 23.2. The van der Waals surface area contributed by atoms with Gasteiger partial charge in [0, 0.05) is 50.6 Å². The summed E-state index contributed by atoms with van der Waals surface area (Å²) in [7, 11) is 0. The number of ether oxygens (including phenoxy) is 2. The molecule has 1 amide bonds. The van der Waals surface area contributed by atoms with Crippen LogP contribution in [0.3, 0.4) is 0 Å². The van der Waals surface area contributed by atoms with Crippen molar-refractivity contribution < 1.29 is 14.3 Å². The largest absolute Gasteiger partial charge is 0.379 e. The number of morpholine rings is 1. The summed E-state index contributed by atoms with van der Waals surface area (Å²) in [5.41, 5.74) is 2.92. The molecule has 0 aliphatic carbocycles. The molecule has 0 radical (unpaired) electrons. The third kappa shape index (κ3) is 4.34. The van der Waals surface area contributed by atoms with Gasteiger partial charge in [-0.05, 0) is 20.3 Å². The lowest BCUT2D eigenvalue weighted by atomic mass is 10.1. The summed E-state index contributed by atoms with van der Waals surface area (Å²) in [5, 5.41) is 7.14. The van der Waals surface area contributed by atoms with Gasteiger partial charge in [-0.25, -0.2) is 0 Å². The molecule has 2 aliphatic rings. The number of rotatable bonds is 4. The van der Waals surface area contributed by atoms with E-state index >= 15 is 0 Å². The van der Waals surface area contributed by atoms with Gasteiger partial charge in [0.15, 0.2) is 0 Å². The molecule has 0 aromatic carbocycles. The predicted molar refractivity (Wildman–Crippen MR) is 90.0 cm³/mol. The molecule has 3 rings (SSSR count). The molecule has 0 unspecified atom stereocenters. The zero-order chi connectivity index (χ0) is 16.9. The number of H-pyrrole nitrogens is 1. The number of carbonyl (C=O) groups is 1. The van der Waals surface area contributed by atoms with Crippen molar-refractivity contribution in [1.82, 2.24) is 20.0 Å². The van der Waals surface area contributed by atoms with Crippen molar-refractivity contribution >= 4 is 5.91 Å². The van der Waals surface area contributed by atoms with Crippen LogP contribution in [-0.4, -0.2) is 84.6 Å². The Morgan fingerprint density at radius 2 is 2.04 bits per heavy atom. The molecule has 2 saturated heterocycles. The van der Waals surface area contributed by atoms with Crippen LogP contribution in [0.5, 0.6) is 0 Å². The minimum atomic E-state index is 0.0843. The lowest BCUT2D eigenvalue weighted by Gasteiger charge is -2.31. The zero-order valence-corrected chi connectivity index (χ0v) is 14.7. The van der Waals surface area contributed by atoms with E-state index in [-0.39, 0.29) is 12.0 Å². The molecule has 24 heavy (non-hydrogen) atoms. The lowest BCUT2D eigenvalue weighted by Crippen LogP contribution is -2.46. The van der Waals surface area contributed by atoms with Crippen LogP contribution in [0.4, 0.5) is 0 Å². The van der Waals surface area contributed by atoms with E-state index in [0.717, 1.165) is 69.4 Å². The molecule has 2 fully saturated rings. The summed E-state index contributed by atoms with van der Waals surface area (Å²) >= 11 is 0. The van der Waals surface area contributed by atoms with Crippen molar-refractivity contribution in [3.05, 3.63) is 17.0 Å². The summed E-state index contributed by atoms with van der Waals surface area (Å²) in [4.78, 5) is 17.1. The fourth-order valence-electron chi connectivity index (χ4n) is 3.40. The van der Waals surface area contributed by atoms with Crippen LogP contribution in [0, 0.1) is 13.8 Å². The Bertz CT molecular complexity index is 535. The number of hydrogen-bond acceptors (Lipinski definition) is 5. The second-order valence-electron chi connectivity index (χ2n) is 6.69. The standard InChI is InChI=1S/C17H28N4O3/c1-13-16(14(2)19-18-13)10-17(22)21-4-3-7-24-15(12-21)11-20-5-8-23-9-6-20/h15H,3-12H2,1-2H3,(H,18,19)/t15-/m1/s1. The number of aromatic amines is 1. The van der Waals surface area contributed by atoms with E-state index in [1.807, 2.05) is 18.7 Å². The summed E-state index contributed by atoms with van der Waals surface area (Å²) in [6.07, 6.45) is 1.40. The Hall–Kier alpha value is -1.44. The average Bonchev–Trinajstić information content (AvgIpc) is 2.79. The molecule has 3 heterocycles. The van der Waals surface area contributed by atoms with E-state index in [9.17, 15) is 4.79 Å². The summed E-state index contributed by atoms with van der Waals surface area (Å²) in [6.45, 7) is 10.4. The zero-order valence-electron chi connectivity index (χ0n) is 14.7. The van der Waals surface area contributed by atoms with E-state index in [4.69, 9.17) is 9.47 Å². The van der Waals surface area contributed by atoms with Gasteiger partial charge in [-0.3, -0.25) is 14.8 Å². The first kappa shape index (κ1) is 17.4. The van der Waals surface area contributed by atoms with E-state index in [1.165, 1.54) is 0 Å². The number of aryl methyl sites for hydroxylation is 2. The van der Waals surface area contributed by atoms with Crippen molar-refractivity contribution in [2.24, 2.45) is 0 Å². The van der Waals surface area contributed by atoms with Gasteiger partial charge in [0.2, 0.25) is 5.91 Å².